The zero-order valence-corrected chi connectivity index (χ0v) is 15.7. The van der Waals surface area contributed by atoms with E-state index in [4.69, 9.17) is 9.47 Å². The molecule has 0 radical (unpaired) electrons. The van der Waals surface area contributed by atoms with Gasteiger partial charge in [-0.05, 0) is 49.2 Å². The molecular weight excluding hydrogens is 344 g/mol. The highest BCUT2D eigenvalue weighted by Crippen LogP contribution is 2.16. The average molecular weight is 368 g/mol. The van der Waals surface area contributed by atoms with Crippen LogP contribution in [0.15, 0.2) is 48.5 Å². The van der Waals surface area contributed by atoms with Gasteiger partial charge in [-0.3, -0.25) is 10.1 Å². The lowest BCUT2D eigenvalue weighted by Gasteiger charge is -2.08. The van der Waals surface area contributed by atoms with Gasteiger partial charge in [-0.1, -0.05) is 29.8 Å². The quantitative estimate of drug-likeness (QED) is 0.569. The van der Waals surface area contributed by atoms with Gasteiger partial charge in [0.1, 0.15) is 6.61 Å². The van der Waals surface area contributed by atoms with Crippen LogP contribution in [0.25, 0.3) is 6.08 Å². The highest BCUT2D eigenvalue weighted by molar-refractivity contribution is 6.02. The Morgan fingerprint density at radius 3 is 2.44 bits per heavy atom. The van der Waals surface area contributed by atoms with Crippen molar-refractivity contribution in [2.24, 2.45) is 0 Å². The van der Waals surface area contributed by atoms with Crippen LogP contribution in [0.3, 0.4) is 0 Å². The zero-order chi connectivity index (χ0) is 19.6. The molecule has 0 aromatic heterocycles. The van der Waals surface area contributed by atoms with Crippen molar-refractivity contribution in [2.45, 2.75) is 13.8 Å². The number of amides is 2. The van der Waals surface area contributed by atoms with Crippen LogP contribution in [0.1, 0.15) is 16.7 Å². The van der Waals surface area contributed by atoms with E-state index in [0.717, 1.165) is 11.1 Å². The van der Waals surface area contributed by atoms with Crippen LogP contribution in [-0.2, 0) is 14.3 Å². The minimum atomic E-state index is -0.578. The number of nitrogens with one attached hydrogen (secondary N) is 2. The van der Waals surface area contributed by atoms with Crippen LogP contribution < -0.4 is 10.6 Å². The van der Waals surface area contributed by atoms with Gasteiger partial charge in [-0.15, -0.1) is 0 Å². The van der Waals surface area contributed by atoms with E-state index in [-0.39, 0.29) is 12.5 Å². The molecule has 0 aliphatic carbocycles. The lowest BCUT2D eigenvalue weighted by Crippen LogP contribution is -2.16. The fraction of sp³-hybridized carbons (Fsp3) is 0.238. The van der Waals surface area contributed by atoms with E-state index in [9.17, 15) is 9.59 Å². The van der Waals surface area contributed by atoms with Crippen molar-refractivity contribution in [1.29, 1.82) is 0 Å². The molecule has 2 aromatic carbocycles. The number of aryl methyl sites for hydroxylation is 2. The van der Waals surface area contributed by atoms with Gasteiger partial charge in [0, 0.05) is 24.6 Å². The van der Waals surface area contributed by atoms with Crippen LogP contribution in [0.4, 0.5) is 16.2 Å². The largest absolute Gasteiger partial charge is 0.447 e. The van der Waals surface area contributed by atoms with Crippen molar-refractivity contribution in [3.05, 3.63) is 65.2 Å². The number of carbonyl (C=O) groups is 2. The summed E-state index contributed by atoms with van der Waals surface area (Å²) in [5.74, 6) is -0.255. The fourth-order valence-corrected chi connectivity index (χ4v) is 2.41. The summed E-state index contributed by atoms with van der Waals surface area (Å²) in [5, 5.41) is 5.37. The molecule has 0 fully saturated rings. The number of hydrogen-bond donors (Lipinski definition) is 2. The lowest BCUT2D eigenvalue weighted by atomic mass is 10.1. The Bertz CT molecular complexity index is 831. The molecular formula is C21H24N2O4. The summed E-state index contributed by atoms with van der Waals surface area (Å²) in [6.07, 6.45) is 2.68. The Labute approximate surface area is 159 Å². The first-order valence-corrected chi connectivity index (χ1v) is 8.57. The number of methoxy groups -OCH3 is 1. The highest BCUT2D eigenvalue weighted by atomic mass is 16.6. The summed E-state index contributed by atoms with van der Waals surface area (Å²) in [5.41, 5.74) is 4.37. The summed E-state index contributed by atoms with van der Waals surface area (Å²) in [4.78, 5) is 23.8. The van der Waals surface area contributed by atoms with Gasteiger partial charge in [-0.2, -0.15) is 0 Å². The minimum absolute atomic E-state index is 0.169. The third-order valence-corrected chi connectivity index (χ3v) is 3.74. The zero-order valence-electron chi connectivity index (χ0n) is 15.7. The molecule has 0 aliphatic heterocycles. The van der Waals surface area contributed by atoms with E-state index in [1.807, 2.05) is 26.0 Å². The summed E-state index contributed by atoms with van der Waals surface area (Å²) < 4.78 is 9.76. The average Bonchev–Trinajstić information content (AvgIpc) is 2.61. The first kappa shape index (κ1) is 20.2. The molecule has 0 saturated heterocycles. The first-order chi connectivity index (χ1) is 13.0. The number of rotatable bonds is 7. The predicted molar refractivity (Wildman–Crippen MR) is 107 cm³/mol. The molecule has 0 saturated carbocycles. The van der Waals surface area contributed by atoms with Crippen LogP contribution in [0, 0.1) is 13.8 Å². The van der Waals surface area contributed by atoms with Crippen molar-refractivity contribution in [3.8, 4) is 0 Å². The normalized spacial score (nSPS) is 10.6. The second-order valence-corrected chi connectivity index (χ2v) is 6.02. The third-order valence-electron chi connectivity index (χ3n) is 3.74. The van der Waals surface area contributed by atoms with Crippen molar-refractivity contribution in [2.75, 3.05) is 31.0 Å². The fourth-order valence-electron chi connectivity index (χ4n) is 2.41. The van der Waals surface area contributed by atoms with E-state index in [2.05, 4.69) is 16.7 Å². The smallest absolute Gasteiger partial charge is 0.411 e. The minimum Gasteiger partial charge on any atom is -0.447 e. The molecule has 27 heavy (non-hydrogen) atoms. The van der Waals surface area contributed by atoms with E-state index in [1.54, 1.807) is 30.3 Å². The molecule has 2 N–H and O–H groups in total. The Morgan fingerprint density at radius 2 is 1.74 bits per heavy atom. The molecule has 6 heteroatoms. The van der Waals surface area contributed by atoms with Gasteiger partial charge in [0.15, 0.2) is 0 Å². The number of benzene rings is 2. The molecule has 2 aromatic rings. The molecule has 6 nitrogen and oxygen atoms in total. The topological polar surface area (TPSA) is 76.7 Å². The third kappa shape index (κ3) is 6.95. The van der Waals surface area contributed by atoms with Gasteiger partial charge in [-0.25, -0.2) is 4.79 Å². The highest BCUT2D eigenvalue weighted by Gasteiger charge is 2.05. The lowest BCUT2D eigenvalue weighted by molar-refractivity contribution is -0.111. The van der Waals surface area contributed by atoms with Crippen molar-refractivity contribution in [3.63, 3.8) is 0 Å². The maximum atomic E-state index is 12.1. The molecule has 2 amide bonds. The Balaban J connectivity index is 1.93. The first-order valence-electron chi connectivity index (χ1n) is 8.57. The van der Waals surface area contributed by atoms with E-state index in [1.165, 1.54) is 18.7 Å². The summed E-state index contributed by atoms with van der Waals surface area (Å²) in [6.45, 7) is 4.53. The second-order valence-electron chi connectivity index (χ2n) is 6.02. The summed E-state index contributed by atoms with van der Waals surface area (Å²) in [7, 11) is 1.53. The van der Waals surface area contributed by atoms with E-state index < -0.39 is 6.09 Å². The molecule has 0 unspecified atom stereocenters. The molecule has 0 atom stereocenters. The summed E-state index contributed by atoms with van der Waals surface area (Å²) >= 11 is 0. The molecule has 2 rings (SSSR count). The van der Waals surface area contributed by atoms with Gasteiger partial charge >= 0.3 is 6.09 Å². The molecule has 0 aliphatic rings. The summed E-state index contributed by atoms with van der Waals surface area (Å²) in [6, 6.07) is 12.9. The predicted octanol–water partition coefficient (Wildman–Crippen LogP) is 4.15. The molecule has 0 spiro atoms. The van der Waals surface area contributed by atoms with Crippen LogP contribution >= 0.6 is 0 Å². The monoisotopic (exact) mass is 368 g/mol. The number of ether oxygens (including phenoxy) is 2. The molecule has 142 valence electrons. The molecule has 0 bridgehead atoms. The number of hydrogen-bond acceptors (Lipinski definition) is 4. The van der Waals surface area contributed by atoms with Crippen molar-refractivity contribution in [1.82, 2.24) is 0 Å². The van der Waals surface area contributed by atoms with Crippen LogP contribution in [-0.4, -0.2) is 32.3 Å². The number of anilines is 2. The van der Waals surface area contributed by atoms with Gasteiger partial charge in [0.25, 0.3) is 0 Å². The van der Waals surface area contributed by atoms with E-state index in [0.29, 0.717) is 18.0 Å². The molecule has 0 heterocycles. The van der Waals surface area contributed by atoms with Gasteiger partial charge in [0.2, 0.25) is 5.91 Å². The maximum absolute atomic E-state index is 12.1. The van der Waals surface area contributed by atoms with Gasteiger partial charge < -0.3 is 14.8 Å². The van der Waals surface area contributed by atoms with Crippen molar-refractivity contribution < 1.29 is 19.1 Å². The van der Waals surface area contributed by atoms with Crippen LogP contribution in [0.5, 0.6) is 0 Å². The number of carbonyl (C=O) groups excluding carboxylic acids is 2. The van der Waals surface area contributed by atoms with Gasteiger partial charge in [0.05, 0.1) is 6.61 Å². The van der Waals surface area contributed by atoms with Crippen molar-refractivity contribution >= 4 is 29.5 Å². The Hall–Kier alpha value is -3.12. The Kier molecular flexibility index (Phi) is 7.58. The standard InChI is InChI=1S/C21H24N2O4/c1-15-7-8-17(16(2)13-15)9-10-20(24)22-18-5-4-6-19(14-18)23-21(25)27-12-11-26-3/h4-10,13-14H,11-12H2,1-3H3,(H,22,24)(H,23,25). The Morgan fingerprint density at radius 1 is 1.00 bits per heavy atom. The van der Waals surface area contributed by atoms with E-state index >= 15 is 0 Å². The maximum Gasteiger partial charge on any atom is 0.411 e. The SMILES string of the molecule is COCCOC(=O)Nc1cccc(NC(=O)C=Cc2ccc(C)cc2C)c1. The second kappa shape index (κ2) is 10.1. The van der Waals surface area contributed by atoms with Crippen LogP contribution in [0.2, 0.25) is 0 Å².